The van der Waals surface area contributed by atoms with Crippen LogP contribution in [-0.4, -0.2) is 35.6 Å². The van der Waals surface area contributed by atoms with Crippen LogP contribution < -0.4 is 5.32 Å². The maximum Gasteiger partial charge on any atom is 0.239 e. The number of hydrogen-bond acceptors (Lipinski definition) is 4. The van der Waals surface area contributed by atoms with Gasteiger partial charge < -0.3 is 10.2 Å². The lowest BCUT2D eigenvalue weighted by Crippen LogP contribution is -2.41. The van der Waals surface area contributed by atoms with Crippen molar-refractivity contribution < 1.29 is 9.59 Å². The number of nitrogens with one attached hydrogen (secondary N) is 1. The Morgan fingerprint density at radius 1 is 1.25 bits per heavy atom. The van der Waals surface area contributed by atoms with Gasteiger partial charge in [0, 0.05) is 16.3 Å². The van der Waals surface area contributed by atoms with Crippen LogP contribution >= 0.6 is 34.7 Å². The fourth-order valence-electron chi connectivity index (χ4n) is 2.00. The van der Waals surface area contributed by atoms with E-state index in [0.717, 1.165) is 9.77 Å². The Morgan fingerprint density at radius 3 is 2.71 bits per heavy atom. The predicted molar refractivity (Wildman–Crippen MR) is 101 cm³/mol. The third-order valence-corrected chi connectivity index (χ3v) is 5.67. The molecule has 128 valence electrons. The van der Waals surface area contributed by atoms with E-state index >= 15 is 0 Å². The molecule has 0 unspecified atom stereocenters. The second kappa shape index (κ2) is 9.71. The van der Waals surface area contributed by atoms with Gasteiger partial charge in [-0.2, -0.15) is 0 Å². The lowest BCUT2D eigenvalue weighted by molar-refractivity contribution is -0.133. The Morgan fingerprint density at radius 2 is 2.04 bits per heavy atom. The van der Waals surface area contributed by atoms with E-state index in [1.165, 1.54) is 11.8 Å². The molecule has 0 spiro atoms. The highest BCUT2D eigenvalue weighted by Gasteiger charge is 2.16. The average Bonchev–Trinajstić information content (AvgIpc) is 3.10. The molecule has 24 heavy (non-hydrogen) atoms. The number of carbonyl (C=O) groups excluding carboxylic acids is 2. The quantitative estimate of drug-likeness (QED) is 0.709. The van der Waals surface area contributed by atoms with Crippen LogP contribution in [0.2, 0.25) is 5.02 Å². The molecule has 2 rings (SSSR count). The van der Waals surface area contributed by atoms with Crippen LogP contribution in [0.5, 0.6) is 0 Å². The summed E-state index contributed by atoms with van der Waals surface area (Å²) in [7, 11) is 0. The molecule has 2 amide bonds. The van der Waals surface area contributed by atoms with E-state index < -0.39 is 0 Å². The number of thioether (sulfide) groups is 1. The highest BCUT2D eigenvalue weighted by atomic mass is 35.5. The molecule has 0 aliphatic rings. The molecule has 2 aromatic rings. The van der Waals surface area contributed by atoms with Crippen LogP contribution in [0.3, 0.4) is 0 Å². The summed E-state index contributed by atoms with van der Waals surface area (Å²) in [6, 6.07) is 11.3. The van der Waals surface area contributed by atoms with Crippen LogP contribution in [0.4, 0.5) is 0 Å². The van der Waals surface area contributed by atoms with Gasteiger partial charge in [0.25, 0.3) is 0 Å². The highest BCUT2D eigenvalue weighted by Crippen LogP contribution is 2.26. The molecule has 1 aromatic heterocycles. The summed E-state index contributed by atoms with van der Waals surface area (Å²) in [5.74, 6) is 0.0329. The van der Waals surface area contributed by atoms with E-state index in [0.29, 0.717) is 18.1 Å². The van der Waals surface area contributed by atoms with E-state index in [4.69, 9.17) is 11.6 Å². The van der Waals surface area contributed by atoms with Gasteiger partial charge in [-0.1, -0.05) is 29.8 Å². The smallest absolute Gasteiger partial charge is 0.239 e. The first-order valence-corrected chi connectivity index (χ1v) is 9.78. The third-order valence-electron chi connectivity index (χ3n) is 3.30. The molecule has 0 saturated heterocycles. The molecule has 0 radical (unpaired) electrons. The molecule has 0 saturated carbocycles. The normalized spacial score (nSPS) is 10.4. The first kappa shape index (κ1) is 18.8. The first-order chi connectivity index (χ1) is 11.6. The second-order valence-corrected chi connectivity index (χ2v) is 7.44. The maximum atomic E-state index is 12.3. The molecular weight excluding hydrogens is 364 g/mol. The summed E-state index contributed by atoms with van der Waals surface area (Å²) in [5, 5.41) is 5.44. The van der Waals surface area contributed by atoms with E-state index in [-0.39, 0.29) is 24.1 Å². The number of thiophene rings is 1. The van der Waals surface area contributed by atoms with Gasteiger partial charge >= 0.3 is 0 Å². The number of rotatable bonds is 8. The van der Waals surface area contributed by atoms with Crippen molar-refractivity contribution in [3.63, 3.8) is 0 Å². The molecule has 0 bridgehead atoms. The molecule has 0 aliphatic heterocycles. The van der Waals surface area contributed by atoms with Gasteiger partial charge in [-0.3, -0.25) is 9.59 Å². The minimum absolute atomic E-state index is 0.0732. The second-order valence-electron chi connectivity index (χ2n) is 4.98. The number of hydrogen-bond donors (Lipinski definition) is 1. The Kier molecular flexibility index (Phi) is 7.62. The number of amides is 2. The molecule has 1 N–H and O–H groups in total. The largest absolute Gasteiger partial charge is 0.350 e. The van der Waals surface area contributed by atoms with Crippen molar-refractivity contribution in [1.29, 1.82) is 0 Å². The van der Waals surface area contributed by atoms with Crippen molar-refractivity contribution in [2.24, 2.45) is 0 Å². The Bertz CT molecular complexity index is 677. The van der Waals surface area contributed by atoms with Crippen molar-refractivity contribution in [1.82, 2.24) is 10.2 Å². The van der Waals surface area contributed by atoms with Gasteiger partial charge in [-0.05, 0) is 30.5 Å². The molecule has 4 nitrogen and oxygen atoms in total. The predicted octanol–water partition coefficient (Wildman–Crippen LogP) is 3.66. The molecule has 0 aliphatic carbocycles. The molecular formula is C17H19ClN2O2S2. The molecule has 1 aromatic carbocycles. The molecule has 1 heterocycles. The number of nitrogens with zero attached hydrogens (tertiary/aromatic N) is 1. The number of halogens is 1. The number of likely N-dealkylation sites (N-methyl/N-ethyl adjacent to an activating group) is 1. The zero-order valence-corrected chi connectivity index (χ0v) is 15.7. The van der Waals surface area contributed by atoms with Crippen molar-refractivity contribution in [2.45, 2.75) is 18.4 Å². The Labute approximate surface area is 155 Å². The van der Waals surface area contributed by atoms with Crippen molar-refractivity contribution >= 4 is 46.5 Å². The van der Waals surface area contributed by atoms with E-state index in [9.17, 15) is 9.59 Å². The zero-order valence-electron chi connectivity index (χ0n) is 13.3. The van der Waals surface area contributed by atoms with Crippen LogP contribution in [0.1, 0.15) is 11.8 Å². The minimum atomic E-state index is -0.152. The lowest BCUT2D eigenvalue weighted by Gasteiger charge is -2.20. The standard InChI is InChI=1S/C17H19ClN2O2S2/c1-2-20(11-16(21)19-10-13-6-5-9-23-13)17(22)12-24-15-8-4-3-7-14(15)18/h3-9H,2,10-12H2,1H3,(H,19,21). The summed E-state index contributed by atoms with van der Waals surface area (Å²) in [6.45, 7) is 2.93. The summed E-state index contributed by atoms with van der Waals surface area (Å²) in [5.41, 5.74) is 0. The van der Waals surface area contributed by atoms with Crippen LogP contribution in [0, 0.1) is 0 Å². The van der Waals surface area contributed by atoms with E-state index in [1.54, 1.807) is 22.3 Å². The van der Waals surface area contributed by atoms with Crippen molar-refractivity contribution in [3.8, 4) is 0 Å². The fourth-order valence-corrected chi connectivity index (χ4v) is 3.78. The number of benzene rings is 1. The van der Waals surface area contributed by atoms with Gasteiger partial charge in [0.1, 0.15) is 0 Å². The van der Waals surface area contributed by atoms with Crippen molar-refractivity contribution in [3.05, 3.63) is 51.7 Å². The molecule has 7 heteroatoms. The van der Waals surface area contributed by atoms with Crippen molar-refractivity contribution in [2.75, 3.05) is 18.8 Å². The fraction of sp³-hybridized carbons (Fsp3) is 0.294. The minimum Gasteiger partial charge on any atom is -0.350 e. The third kappa shape index (κ3) is 5.85. The topological polar surface area (TPSA) is 49.4 Å². The maximum absolute atomic E-state index is 12.3. The molecule has 0 fully saturated rings. The average molecular weight is 383 g/mol. The van der Waals surface area contributed by atoms with Gasteiger partial charge in [-0.25, -0.2) is 0 Å². The molecule has 0 atom stereocenters. The zero-order chi connectivity index (χ0) is 17.4. The Hall–Kier alpha value is -1.50. The number of carbonyl (C=O) groups is 2. The lowest BCUT2D eigenvalue weighted by atomic mass is 10.4. The monoisotopic (exact) mass is 382 g/mol. The van der Waals surface area contributed by atoms with E-state index in [1.807, 2.05) is 42.6 Å². The summed E-state index contributed by atoms with van der Waals surface area (Å²) in [4.78, 5) is 27.8. The van der Waals surface area contributed by atoms with Crippen LogP contribution in [-0.2, 0) is 16.1 Å². The van der Waals surface area contributed by atoms with E-state index in [2.05, 4.69) is 5.32 Å². The van der Waals surface area contributed by atoms with Crippen LogP contribution in [0.25, 0.3) is 0 Å². The summed E-state index contributed by atoms with van der Waals surface area (Å²) in [6.07, 6.45) is 0. The summed E-state index contributed by atoms with van der Waals surface area (Å²) < 4.78 is 0. The Balaban J connectivity index is 1.80. The van der Waals surface area contributed by atoms with Gasteiger partial charge in [-0.15, -0.1) is 23.1 Å². The van der Waals surface area contributed by atoms with Gasteiger partial charge in [0.2, 0.25) is 11.8 Å². The first-order valence-electron chi connectivity index (χ1n) is 7.54. The van der Waals surface area contributed by atoms with Crippen LogP contribution in [0.15, 0.2) is 46.7 Å². The van der Waals surface area contributed by atoms with Gasteiger partial charge in [0.05, 0.1) is 23.9 Å². The van der Waals surface area contributed by atoms with Gasteiger partial charge in [0.15, 0.2) is 0 Å². The summed E-state index contributed by atoms with van der Waals surface area (Å²) >= 11 is 9.06. The highest BCUT2D eigenvalue weighted by molar-refractivity contribution is 8.00. The SMILES string of the molecule is CCN(CC(=O)NCc1cccs1)C(=O)CSc1ccccc1Cl.